The molecule has 0 saturated heterocycles. The van der Waals surface area contributed by atoms with Crippen molar-refractivity contribution in [2.75, 3.05) is 0 Å². The van der Waals surface area contributed by atoms with Crippen molar-refractivity contribution < 1.29 is 0 Å². The van der Waals surface area contributed by atoms with E-state index in [0.29, 0.717) is 17.6 Å². The minimum atomic E-state index is 0.603. The first kappa shape index (κ1) is 25.4. The predicted octanol–water partition coefficient (Wildman–Crippen LogP) is 11.0. The van der Waals surface area contributed by atoms with Crippen LogP contribution in [0.1, 0.15) is 0 Å². The summed E-state index contributed by atoms with van der Waals surface area (Å²) in [5.41, 5.74) is 4.06. The molecule has 214 valence electrons. The maximum Gasteiger partial charge on any atom is 0.238 e. The Labute approximate surface area is 267 Å². The molecule has 0 radical (unpaired) electrons. The molecule has 5 heteroatoms. The van der Waals surface area contributed by atoms with Gasteiger partial charge in [-0.25, -0.2) is 4.98 Å². The Morgan fingerprint density at radius 1 is 0.413 bits per heavy atom. The third kappa shape index (κ3) is 3.76. The van der Waals surface area contributed by atoms with Crippen LogP contribution in [-0.2, 0) is 0 Å². The van der Waals surface area contributed by atoms with Gasteiger partial charge in [0.1, 0.15) is 0 Å². The Kier molecular flexibility index (Phi) is 5.41. The molecule has 0 unspecified atom stereocenters. The smallest absolute Gasteiger partial charge is 0.238 e. The highest BCUT2D eigenvalue weighted by Crippen LogP contribution is 2.44. The van der Waals surface area contributed by atoms with Crippen molar-refractivity contribution >= 4 is 74.9 Å². The van der Waals surface area contributed by atoms with Crippen molar-refractivity contribution in [1.29, 1.82) is 0 Å². The van der Waals surface area contributed by atoms with Crippen molar-refractivity contribution in [1.82, 2.24) is 19.5 Å². The van der Waals surface area contributed by atoms with Crippen LogP contribution in [0.15, 0.2) is 146 Å². The monoisotopic (exact) mass is 604 g/mol. The summed E-state index contributed by atoms with van der Waals surface area (Å²) in [4.78, 5) is 15.3. The third-order valence-corrected chi connectivity index (χ3v) is 10.1. The Hall–Kier alpha value is -5.91. The quantitative estimate of drug-likeness (QED) is 0.201. The average Bonchev–Trinajstić information content (AvgIpc) is 3.66. The van der Waals surface area contributed by atoms with Gasteiger partial charge < -0.3 is 0 Å². The molecule has 0 fully saturated rings. The summed E-state index contributed by atoms with van der Waals surface area (Å²) in [5.74, 6) is 1.90. The maximum atomic E-state index is 5.18. The zero-order valence-electron chi connectivity index (χ0n) is 24.6. The van der Waals surface area contributed by atoms with Crippen LogP contribution in [0.3, 0.4) is 0 Å². The van der Waals surface area contributed by atoms with Gasteiger partial charge in [-0.15, -0.1) is 11.3 Å². The van der Waals surface area contributed by atoms with Crippen LogP contribution in [-0.4, -0.2) is 19.5 Å². The molecular weight excluding hydrogens is 581 g/mol. The van der Waals surface area contributed by atoms with Crippen LogP contribution in [0.25, 0.3) is 92.2 Å². The van der Waals surface area contributed by atoms with Crippen molar-refractivity contribution in [3.8, 4) is 28.7 Å². The summed E-state index contributed by atoms with van der Waals surface area (Å²) in [6.45, 7) is 0. The highest BCUT2D eigenvalue weighted by molar-refractivity contribution is 7.26. The Bertz CT molecular complexity index is 2740. The zero-order chi connectivity index (χ0) is 30.2. The summed E-state index contributed by atoms with van der Waals surface area (Å²) >= 11 is 1.86. The molecule has 10 rings (SSSR count). The normalized spacial score (nSPS) is 11.9. The van der Waals surface area contributed by atoms with Crippen LogP contribution in [0.4, 0.5) is 0 Å². The first-order chi connectivity index (χ1) is 22.8. The van der Waals surface area contributed by atoms with Gasteiger partial charge in [-0.1, -0.05) is 121 Å². The topological polar surface area (TPSA) is 43.6 Å². The molecule has 3 aromatic heterocycles. The lowest BCUT2D eigenvalue weighted by Gasteiger charge is -2.11. The summed E-state index contributed by atoms with van der Waals surface area (Å²) in [6.07, 6.45) is 0. The lowest BCUT2D eigenvalue weighted by atomic mass is 10.0. The van der Waals surface area contributed by atoms with E-state index in [0.717, 1.165) is 22.2 Å². The Morgan fingerprint density at radius 2 is 1.00 bits per heavy atom. The lowest BCUT2D eigenvalue weighted by molar-refractivity contribution is 0.954. The van der Waals surface area contributed by atoms with E-state index in [1.54, 1.807) is 0 Å². The van der Waals surface area contributed by atoms with Gasteiger partial charge in [0.25, 0.3) is 0 Å². The first-order valence-electron chi connectivity index (χ1n) is 15.4. The van der Waals surface area contributed by atoms with Gasteiger partial charge in [0, 0.05) is 42.1 Å². The Balaban J connectivity index is 1.38. The number of nitrogens with zero attached hydrogens (tertiary/aromatic N) is 4. The molecule has 0 atom stereocenters. The average molecular weight is 605 g/mol. The fourth-order valence-electron chi connectivity index (χ4n) is 6.94. The molecule has 0 bridgehead atoms. The third-order valence-electron chi connectivity index (χ3n) is 9.02. The van der Waals surface area contributed by atoms with E-state index in [2.05, 4.69) is 114 Å². The highest BCUT2D eigenvalue weighted by Gasteiger charge is 2.21. The molecule has 10 aromatic rings. The Morgan fingerprint density at radius 3 is 1.67 bits per heavy atom. The lowest BCUT2D eigenvalue weighted by Crippen LogP contribution is -2.06. The predicted molar refractivity (Wildman–Crippen MR) is 193 cm³/mol. The summed E-state index contributed by atoms with van der Waals surface area (Å²) in [7, 11) is 0. The summed E-state index contributed by atoms with van der Waals surface area (Å²) in [5, 5.41) is 9.90. The summed E-state index contributed by atoms with van der Waals surface area (Å²) < 4.78 is 4.81. The molecule has 0 aliphatic heterocycles. The van der Waals surface area contributed by atoms with E-state index in [9.17, 15) is 0 Å². The van der Waals surface area contributed by atoms with Crippen LogP contribution in [0, 0.1) is 0 Å². The minimum absolute atomic E-state index is 0.603. The largest absolute Gasteiger partial charge is 0.278 e. The number of fused-ring (bicyclic) bond motifs is 10. The SMILES string of the molecule is c1ccc(-c2nc(-c3ccccc3)nc(-n3c4cc5c(cc4c4c6ccccc6ccc43)sc3ccc4ccccc4c35)n2)cc1. The number of hydrogen-bond donors (Lipinski definition) is 0. The van der Waals surface area contributed by atoms with Crippen molar-refractivity contribution in [2.45, 2.75) is 0 Å². The van der Waals surface area contributed by atoms with Gasteiger partial charge in [0.05, 0.1) is 11.0 Å². The van der Waals surface area contributed by atoms with Gasteiger partial charge in [-0.3, -0.25) is 4.57 Å². The van der Waals surface area contributed by atoms with Gasteiger partial charge in [-0.05, 0) is 45.8 Å². The van der Waals surface area contributed by atoms with E-state index < -0.39 is 0 Å². The first-order valence-corrected chi connectivity index (χ1v) is 16.2. The van der Waals surface area contributed by atoms with Gasteiger partial charge in [-0.2, -0.15) is 9.97 Å². The minimum Gasteiger partial charge on any atom is -0.278 e. The van der Waals surface area contributed by atoms with E-state index in [4.69, 9.17) is 15.0 Å². The number of benzene rings is 7. The van der Waals surface area contributed by atoms with Gasteiger partial charge >= 0.3 is 0 Å². The molecular formula is C41H24N4S. The molecule has 7 aromatic carbocycles. The number of thiophene rings is 1. The second-order valence-corrected chi connectivity index (χ2v) is 12.7. The molecule has 0 aliphatic rings. The van der Waals surface area contributed by atoms with E-state index in [-0.39, 0.29) is 0 Å². The highest BCUT2D eigenvalue weighted by atomic mass is 32.1. The van der Waals surface area contributed by atoms with E-state index in [1.165, 1.54) is 52.5 Å². The van der Waals surface area contributed by atoms with Crippen molar-refractivity contribution in [3.63, 3.8) is 0 Å². The van der Waals surface area contributed by atoms with E-state index >= 15 is 0 Å². The fraction of sp³-hybridized carbons (Fsp3) is 0. The number of aromatic nitrogens is 4. The number of hydrogen-bond acceptors (Lipinski definition) is 4. The molecule has 0 spiro atoms. The number of rotatable bonds is 3. The second kappa shape index (κ2) is 9.80. The fourth-order valence-corrected chi connectivity index (χ4v) is 8.08. The molecule has 0 aliphatic carbocycles. The van der Waals surface area contributed by atoms with Crippen molar-refractivity contribution in [2.24, 2.45) is 0 Å². The van der Waals surface area contributed by atoms with Gasteiger partial charge in [0.2, 0.25) is 5.95 Å². The second-order valence-electron chi connectivity index (χ2n) is 11.7. The molecule has 4 nitrogen and oxygen atoms in total. The van der Waals surface area contributed by atoms with Crippen LogP contribution < -0.4 is 0 Å². The van der Waals surface area contributed by atoms with Crippen LogP contribution in [0.5, 0.6) is 0 Å². The maximum absolute atomic E-state index is 5.18. The molecule has 0 saturated carbocycles. The molecule has 0 amide bonds. The molecule has 46 heavy (non-hydrogen) atoms. The zero-order valence-corrected chi connectivity index (χ0v) is 25.4. The van der Waals surface area contributed by atoms with Crippen molar-refractivity contribution in [3.05, 3.63) is 146 Å². The summed E-state index contributed by atoms with van der Waals surface area (Å²) in [6, 6.07) is 51.3. The van der Waals surface area contributed by atoms with E-state index in [1.807, 2.05) is 47.7 Å². The van der Waals surface area contributed by atoms with Crippen LogP contribution in [0.2, 0.25) is 0 Å². The standard InChI is InChI=1S/C41H24N4S/c1-3-13-27(14-4-1)39-42-40(28-15-5-2-6-16-28)44-41(43-39)45-33-21-19-25-11-7-9-17-29(25)37(33)31-24-36-32(23-34(31)45)38-30-18-10-8-12-26(30)20-22-35(38)46-36/h1-24H. The van der Waals surface area contributed by atoms with Gasteiger partial charge in [0.15, 0.2) is 11.6 Å². The molecule has 3 heterocycles. The van der Waals surface area contributed by atoms with Crippen LogP contribution >= 0.6 is 11.3 Å². The molecule has 0 N–H and O–H groups in total.